The lowest BCUT2D eigenvalue weighted by molar-refractivity contribution is -0.144. The number of urea groups is 1. The summed E-state index contributed by atoms with van der Waals surface area (Å²) in [6, 6.07) is 19.4. The van der Waals surface area contributed by atoms with Gasteiger partial charge in [-0.2, -0.15) is 0 Å². The van der Waals surface area contributed by atoms with Gasteiger partial charge in [-0.1, -0.05) is 45.0 Å². The van der Waals surface area contributed by atoms with Crippen molar-refractivity contribution in [3.63, 3.8) is 0 Å². The third-order valence-corrected chi connectivity index (χ3v) is 11.8. The fourth-order valence-electron chi connectivity index (χ4n) is 7.29. The molecule has 2 aromatic heterocycles. The van der Waals surface area contributed by atoms with Crippen molar-refractivity contribution in [2.24, 2.45) is 5.41 Å². The zero-order valence-electron chi connectivity index (χ0n) is 39.0. The number of hydrogen-bond acceptors (Lipinski definition) is 12. The fourth-order valence-corrected chi connectivity index (χ4v) is 8.10. The zero-order valence-corrected chi connectivity index (χ0v) is 39.8. The molecule has 0 bridgehead atoms. The van der Waals surface area contributed by atoms with Gasteiger partial charge in [0, 0.05) is 72.4 Å². The number of nitrogens with zero attached hydrogens (tertiary/aromatic N) is 2. The van der Waals surface area contributed by atoms with Crippen LogP contribution >= 0.6 is 11.3 Å². The fraction of sp³-hybridized carbons (Fsp3) is 0.367. The number of carbonyl (C=O) groups excluding carboxylic acids is 6. The molecule has 19 nitrogen and oxygen atoms in total. The highest BCUT2D eigenvalue weighted by Crippen LogP contribution is 2.28. The maximum Gasteiger partial charge on any atom is 0.323 e. The number of H-pyrrole nitrogens is 1. The predicted molar refractivity (Wildman–Crippen MR) is 262 cm³/mol. The Labute approximate surface area is 403 Å². The second-order valence-electron chi connectivity index (χ2n) is 17.3. The summed E-state index contributed by atoms with van der Waals surface area (Å²) in [5.41, 5.74) is 6.53. The highest BCUT2D eigenvalue weighted by molar-refractivity contribution is 7.13. The second kappa shape index (κ2) is 24.9. The quantitative estimate of drug-likeness (QED) is 0.0348. The van der Waals surface area contributed by atoms with Crippen molar-refractivity contribution in [1.29, 1.82) is 0 Å². The van der Waals surface area contributed by atoms with Crippen LogP contribution in [0.2, 0.25) is 0 Å². The topological polar surface area (TPSA) is 254 Å². The van der Waals surface area contributed by atoms with Gasteiger partial charge in [-0.15, -0.1) is 11.3 Å². The molecule has 0 spiro atoms. The van der Waals surface area contributed by atoms with Crippen LogP contribution in [-0.4, -0.2) is 126 Å². The molecule has 3 atom stereocenters. The summed E-state index contributed by atoms with van der Waals surface area (Å²) in [7, 11) is 0. The monoisotopic (exact) mass is 965 g/mol. The highest BCUT2D eigenvalue weighted by Gasteiger charge is 2.44. The standard InChI is InChI=1S/C49H59N9O10S/c1-31-44(69-30-53-31)33-7-5-32(6-8-33)27-52-46(63)40-26-38(59)28-58(40)47(64)45(49(2,3)4)57-43(62)29-68-24-23-67-22-21-66-20-19-51-41(60)15-16-42(61)54-35-9-11-36(12-10-35)55-48(65)56-37-13-14-39-34(25-37)17-18-50-39/h5-18,25,30,38,40,45,50,59H,19-24,26-29H2,1-4H3,(H,51,60)(H,52,63)(H,54,61)(H,57,62)(H2,55,56,65)/b16-15+/t38-,40+,45-/m1/s1. The van der Waals surface area contributed by atoms with Crippen LogP contribution in [0.4, 0.5) is 21.9 Å². The Hall–Kier alpha value is -6.97. The molecule has 5 aromatic rings. The Balaban J connectivity index is 0.794. The number of ether oxygens (including phenoxy) is 3. The maximum atomic E-state index is 13.9. The molecule has 69 heavy (non-hydrogen) atoms. The van der Waals surface area contributed by atoms with E-state index >= 15 is 0 Å². The van der Waals surface area contributed by atoms with Crippen LogP contribution in [0.3, 0.4) is 0 Å². The number of benzene rings is 3. The van der Waals surface area contributed by atoms with Crippen molar-refractivity contribution < 1.29 is 48.1 Å². The van der Waals surface area contributed by atoms with Crippen molar-refractivity contribution in [3.8, 4) is 10.4 Å². The molecule has 6 rings (SSSR count). The van der Waals surface area contributed by atoms with E-state index in [0.29, 0.717) is 17.1 Å². The number of thiazole rings is 1. The van der Waals surface area contributed by atoms with E-state index in [-0.39, 0.29) is 65.7 Å². The number of fused-ring (bicyclic) bond motifs is 1. The van der Waals surface area contributed by atoms with Gasteiger partial charge in [0.2, 0.25) is 29.5 Å². The summed E-state index contributed by atoms with van der Waals surface area (Å²) in [5, 5.41) is 27.9. The number of carbonyl (C=O) groups is 6. The lowest BCUT2D eigenvalue weighted by Gasteiger charge is -2.35. The van der Waals surface area contributed by atoms with Gasteiger partial charge in [0.1, 0.15) is 18.7 Å². The summed E-state index contributed by atoms with van der Waals surface area (Å²) < 4.78 is 16.4. The maximum absolute atomic E-state index is 13.9. The van der Waals surface area contributed by atoms with E-state index in [1.54, 1.807) is 68.0 Å². The molecule has 7 amide bonds. The van der Waals surface area contributed by atoms with Gasteiger partial charge in [0.15, 0.2) is 0 Å². The molecule has 0 saturated carbocycles. The number of likely N-dealkylation sites (tertiary alicyclic amines) is 1. The van der Waals surface area contributed by atoms with Crippen molar-refractivity contribution in [2.75, 3.05) is 68.7 Å². The van der Waals surface area contributed by atoms with Crippen molar-refractivity contribution in [1.82, 2.24) is 30.8 Å². The molecule has 366 valence electrons. The number of amides is 7. The lowest BCUT2D eigenvalue weighted by Crippen LogP contribution is -2.58. The first-order valence-electron chi connectivity index (χ1n) is 22.4. The van der Waals surface area contributed by atoms with Gasteiger partial charge in [0.25, 0.3) is 0 Å². The summed E-state index contributed by atoms with van der Waals surface area (Å²) in [5.74, 6) is -2.38. The average molecular weight is 966 g/mol. The molecule has 1 aliphatic heterocycles. The van der Waals surface area contributed by atoms with E-state index in [1.165, 1.54) is 4.90 Å². The first kappa shape index (κ1) is 51.4. The van der Waals surface area contributed by atoms with E-state index in [1.807, 2.05) is 55.6 Å². The normalized spacial score (nSPS) is 15.2. The molecule has 8 N–H and O–H groups in total. The van der Waals surface area contributed by atoms with E-state index in [0.717, 1.165) is 44.8 Å². The van der Waals surface area contributed by atoms with Crippen molar-refractivity contribution in [3.05, 3.63) is 108 Å². The molecule has 3 heterocycles. The van der Waals surface area contributed by atoms with E-state index in [4.69, 9.17) is 14.2 Å². The molecule has 20 heteroatoms. The summed E-state index contributed by atoms with van der Waals surface area (Å²) in [4.78, 5) is 87.0. The number of aryl methyl sites for hydroxylation is 1. The molecule has 0 unspecified atom stereocenters. The summed E-state index contributed by atoms with van der Waals surface area (Å²) >= 11 is 1.56. The number of aliphatic hydroxyl groups is 1. The van der Waals surface area contributed by atoms with Crippen LogP contribution in [0, 0.1) is 12.3 Å². The number of aromatic amines is 1. The molecule has 1 fully saturated rings. The molecule has 1 aliphatic rings. The molecular formula is C49H59N9O10S. The Bertz CT molecular complexity index is 2570. The molecular weight excluding hydrogens is 907 g/mol. The number of aromatic nitrogens is 2. The number of aliphatic hydroxyl groups excluding tert-OH is 1. The van der Waals surface area contributed by atoms with Crippen LogP contribution in [0.5, 0.6) is 0 Å². The van der Waals surface area contributed by atoms with Gasteiger partial charge in [-0.3, -0.25) is 24.0 Å². The third kappa shape index (κ3) is 15.8. The van der Waals surface area contributed by atoms with Crippen LogP contribution < -0.4 is 31.9 Å². The summed E-state index contributed by atoms with van der Waals surface area (Å²) in [6.45, 7) is 8.37. The Morgan fingerprint density at radius 3 is 2.17 bits per heavy atom. The minimum absolute atomic E-state index is 0.0389. The smallest absolute Gasteiger partial charge is 0.323 e. The first-order chi connectivity index (χ1) is 33.1. The second-order valence-corrected chi connectivity index (χ2v) is 18.1. The predicted octanol–water partition coefficient (Wildman–Crippen LogP) is 4.71. The SMILES string of the molecule is Cc1ncsc1-c1ccc(CNC(=O)[C@@H]2C[C@@H](O)CN2C(=O)[C@@H](NC(=O)COCCOCCOCCNC(=O)/C=C/C(=O)Nc2ccc(NC(=O)Nc3ccc4[nH]ccc4c3)cc2)C(C)(C)C)cc1. The van der Waals surface area contributed by atoms with Crippen molar-refractivity contribution in [2.45, 2.75) is 58.8 Å². The van der Waals surface area contributed by atoms with Gasteiger partial charge in [-0.25, -0.2) is 9.78 Å². The molecule has 1 saturated heterocycles. The third-order valence-electron chi connectivity index (χ3n) is 10.8. The largest absolute Gasteiger partial charge is 0.391 e. The number of anilines is 3. The number of β-amino-alcohol motifs (C(OH)–C–C–N with tert-alkyl or cyclic N) is 1. The van der Waals surface area contributed by atoms with E-state index in [9.17, 15) is 33.9 Å². The minimum Gasteiger partial charge on any atom is -0.391 e. The van der Waals surface area contributed by atoms with Crippen LogP contribution in [0.1, 0.15) is 38.4 Å². The van der Waals surface area contributed by atoms with Gasteiger partial charge >= 0.3 is 6.03 Å². The van der Waals surface area contributed by atoms with Gasteiger partial charge in [0.05, 0.1) is 55.2 Å². The van der Waals surface area contributed by atoms with Crippen LogP contribution in [0.15, 0.2) is 96.7 Å². The van der Waals surface area contributed by atoms with E-state index < -0.39 is 59.2 Å². The lowest BCUT2D eigenvalue weighted by atomic mass is 9.85. The Kier molecular flexibility index (Phi) is 18.5. The molecule has 3 aromatic carbocycles. The highest BCUT2D eigenvalue weighted by atomic mass is 32.1. The minimum atomic E-state index is -0.995. The number of rotatable bonds is 22. The van der Waals surface area contributed by atoms with E-state index in [2.05, 4.69) is 41.9 Å². The first-order valence-corrected chi connectivity index (χ1v) is 23.3. The molecule has 0 radical (unpaired) electrons. The summed E-state index contributed by atoms with van der Waals surface area (Å²) in [6.07, 6.45) is 3.22. The molecule has 0 aliphatic carbocycles. The van der Waals surface area contributed by atoms with Gasteiger partial charge < -0.3 is 61.1 Å². The Morgan fingerprint density at radius 2 is 1.48 bits per heavy atom. The van der Waals surface area contributed by atoms with Gasteiger partial charge in [-0.05, 0) is 72.0 Å². The Morgan fingerprint density at radius 1 is 0.826 bits per heavy atom. The number of nitrogens with one attached hydrogen (secondary N) is 7. The zero-order chi connectivity index (χ0) is 49.3. The average Bonchev–Trinajstić information content (AvgIpc) is 4.08. The number of hydrogen-bond donors (Lipinski definition) is 8. The van der Waals surface area contributed by atoms with Crippen molar-refractivity contribution >= 4 is 74.9 Å². The van der Waals surface area contributed by atoms with Crippen LogP contribution in [0.25, 0.3) is 21.3 Å². The van der Waals surface area contributed by atoms with Crippen LogP contribution in [-0.2, 0) is 44.7 Å².